The van der Waals surface area contributed by atoms with Crippen LogP contribution < -0.4 is 14.8 Å². The number of benzene rings is 2. The van der Waals surface area contributed by atoms with Crippen molar-refractivity contribution >= 4 is 17.3 Å². The Kier molecular flexibility index (Phi) is 8.08. The first kappa shape index (κ1) is 24.1. The molecule has 0 aliphatic carbocycles. The van der Waals surface area contributed by atoms with Gasteiger partial charge in [-0.3, -0.25) is 25.0 Å². The van der Waals surface area contributed by atoms with Crippen molar-refractivity contribution in [1.29, 1.82) is 0 Å². The Balaban J connectivity index is 0.00000450. The van der Waals surface area contributed by atoms with E-state index in [0.717, 1.165) is 30.3 Å². The number of amides is 1. The Morgan fingerprint density at radius 3 is 2.10 bits per heavy atom. The third-order valence-electron chi connectivity index (χ3n) is 3.28. The van der Waals surface area contributed by atoms with Gasteiger partial charge in [-0.05, 0) is 12.1 Å². The van der Waals surface area contributed by atoms with Gasteiger partial charge in [-0.2, -0.15) is 0 Å². The number of nitro groups is 2. The van der Waals surface area contributed by atoms with Crippen LogP contribution in [0.5, 0.6) is 11.5 Å². The van der Waals surface area contributed by atoms with Gasteiger partial charge < -0.3 is 14.8 Å². The van der Waals surface area contributed by atoms with Gasteiger partial charge in [-0.15, -0.1) is 13.2 Å². The molecule has 0 unspecified atom stereocenters. The van der Waals surface area contributed by atoms with Crippen LogP contribution in [-0.4, -0.2) is 35.3 Å². The second-order valence-electron chi connectivity index (χ2n) is 5.38. The number of halogens is 3. The molecule has 162 valence electrons. The van der Waals surface area contributed by atoms with Crippen LogP contribution in [0.4, 0.5) is 24.5 Å². The van der Waals surface area contributed by atoms with E-state index in [-0.39, 0.29) is 31.9 Å². The summed E-state index contributed by atoms with van der Waals surface area (Å²) in [7, 11) is 0. The number of ether oxygens (including phenoxy) is 2. The molecule has 13 heteroatoms. The van der Waals surface area contributed by atoms with Crippen molar-refractivity contribution in [1.82, 2.24) is 5.32 Å². The highest BCUT2D eigenvalue weighted by atomic mass is 19.4. The second-order valence-corrected chi connectivity index (χ2v) is 5.38. The van der Waals surface area contributed by atoms with Gasteiger partial charge in [0.05, 0.1) is 28.0 Å². The summed E-state index contributed by atoms with van der Waals surface area (Å²) < 4.78 is 45.5. The molecule has 0 radical (unpaired) electrons. The first-order chi connectivity index (χ1) is 13.5. The van der Waals surface area contributed by atoms with Crippen molar-refractivity contribution in [2.45, 2.75) is 13.8 Å². The molecule has 0 saturated heterocycles. The normalized spacial score (nSPS) is 10.5. The van der Waals surface area contributed by atoms with Crippen LogP contribution in [0, 0.1) is 20.2 Å². The molecule has 0 fully saturated rings. The topological polar surface area (TPSA) is 134 Å². The quantitative estimate of drug-likeness (QED) is 0.381. The Hall–Kier alpha value is -3.90. The fraction of sp³-hybridized carbons (Fsp3) is 0.235. The van der Waals surface area contributed by atoms with Crippen LogP contribution in [-0.2, 0) is 0 Å². The fourth-order valence-electron chi connectivity index (χ4n) is 2.13. The van der Waals surface area contributed by atoms with Gasteiger partial charge in [0, 0.05) is 18.2 Å². The number of nitrogens with zero attached hydrogens (tertiary/aromatic N) is 2. The first-order valence-corrected chi connectivity index (χ1v) is 7.76. The van der Waals surface area contributed by atoms with Gasteiger partial charge in [-0.25, -0.2) is 0 Å². The summed E-state index contributed by atoms with van der Waals surface area (Å²) in [6, 6.07) is 7.20. The van der Waals surface area contributed by atoms with Crippen molar-refractivity contribution in [3.8, 4) is 11.5 Å². The highest BCUT2D eigenvalue weighted by Gasteiger charge is 2.31. The highest BCUT2D eigenvalue weighted by molar-refractivity contribution is 5.95. The molecular weight excluding hydrogens is 415 g/mol. The van der Waals surface area contributed by atoms with E-state index >= 15 is 0 Å². The smallest absolute Gasteiger partial charge is 0.492 e. The van der Waals surface area contributed by atoms with E-state index in [1.807, 2.05) is 0 Å². The van der Waals surface area contributed by atoms with Crippen molar-refractivity contribution in [3.05, 3.63) is 68.3 Å². The predicted molar refractivity (Wildman–Crippen MR) is 97.4 cm³/mol. The summed E-state index contributed by atoms with van der Waals surface area (Å²) >= 11 is 0. The molecule has 0 aliphatic rings. The summed E-state index contributed by atoms with van der Waals surface area (Å²) in [5, 5.41) is 24.0. The van der Waals surface area contributed by atoms with Gasteiger partial charge in [0.25, 0.3) is 17.3 Å². The Bertz CT molecular complexity index is 903. The van der Waals surface area contributed by atoms with Gasteiger partial charge >= 0.3 is 6.36 Å². The molecule has 0 bridgehead atoms. The van der Waals surface area contributed by atoms with Gasteiger partial charge in [-0.1, -0.05) is 13.5 Å². The van der Waals surface area contributed by atoms with E-state index in [0.29, 0.717) is 0 Å². The van der Waals surface area contributed by atoms with Crippen molar-refractivity contribution in [3.63, 3.8) is 0 Å². The molecule has 0 spiro atoms. The molecule has 0 heterocycles. The molecule has 30 heavy (non-hydrogen) atoms. The van der Waals surface area contributed by atoms with E-state index in [4.69, 9.17) is 4.74 Å². The average Bonchev–Trinajstić information content (AvgIpc) is 2.63. The average molecular weight is 431 g/mol. The summed E-state index contributed by atoms with van der Waals surface area (Å²) in [6.45, 7) is -0.280. The Morgan fingerprint density at radius 2 is 1.57 bits per heavy atom. The van der Waals surface area contributed by atoms with Crippen LogP contribution in [0.25, 0.3) is 0 Å². The van der Waals surface area contributed by atoms with Crippen LogP contribution in [0.1, 0.15) is 17.8 Å². The van der Waals surface area contributed by atoms with Gasteiger partial charge in [0.2, 0.25) is 0 Å². The summed E-state index contributed by atoms with van der Waals surface area (Å²) in [6.07, 6.45) is -4.85. The monoisotopic (exact) mass is 431 g/mol. The number of non-ortho nitro benzene ring substituents is 2. The highest BCUT2D eigenvalue weighted by Crippen LogP contribution is 2.26. The lowest BCUT2D eigenvalue weighted by Crippen LogP contribution is -2.28. The van der Waals surface area contributed by atoms with Crippen LogP contribution in [0.3, 0.4) is 0 Å². The maximum atomic E-state index is 12.2. The number of hydrogen-bond acceptors (Lipinski definition) is 7. The largest absolute Gasteiger partial charge is 0.573 e. The number of nitro benzene ring substituents is 2. The van der Waals surface area contributed by atoms with Crippen molar-refractivity contribution in [2.24, 2.45) is 0 Å². The molecule has 2 aromatic carbocycles. The minimum atomic E-state index is -4.85. The molecule has 1 amide bonds. The maximum absolute atomic E-state index is 12.2. The number of rotatable bonds is 8. The minimum absolute atomic E-state index is 0. The molecular formula is C17H16F3N3O7. The number of nitrogens with one attached hydrogen (secondary N) is 1. The van der Waals surface area contributed by atoms with E-state index < -0.39 is 39.2 Å². The Labute approximate surface area is 167 Å². The molecule has 1 N–H and O–H groups in total. The third kappa shape index (κ3) is 7.26. The summed E-state index contributed by atoms with van der Waals surface area (Å²) in [5.41, 5.74) is -1.55. The molecule has 2 rings (SSSR count). The van der Waals surface area contributed by atoms with Gasteiger partial charge in [0.15, 0.2) is 0 Å². The molecule has 0 aromatic heterocycles. The van der Waals surface area contributed by atoms with E-state index in [1.165, 1.54) is 12.1 Å². The van der Waals surface area contributed by atoms with Crippen molar-refractivity contribution in [2.75, 3.05) is 13.2 Å². The third-order valence-corrected chi connectivity index (χ3v) is 3.28. The second kappa shape index (κ2) is 10.0. The standard InChI is InChI=1S/C16H12F3N3O7.CH4/c17-16(18,19)29-14-3-1-2-13(9-14)28-5-4-20-15(23)10-6-11(21(24)25)8-12(7-10)22(26)27;/h1-3,6-9H,4-5H2,(H,20,23);1H4. The fourth-order valence-corrected chi connectivity index (χ4v) is 2.13. The predicted octanol–water partition coefficient (Wildman–Crippen LogP) is 3.85. The first-order valence-electron chi connectivity index (χ1n) is 7.76. The zero-order chi connectivity index (χ0) is 21.6. The molecule has 0 atom stereocenters. The molecule has 0 saturated carbocycles. The van der Waals surface area contributed by atoms with E-state index in [1.54, 1.807) is 0 Å². The summed E-state index contributed by atoms with van der Waals surface area (Å²) in [5.74, 6) is -1.26. The van der Waals surface area contributed by atoms with Crippen LogP contribution >= 0.6 is 0 Å². The van der Waals surface area contributed by atoms with Crippen LogP contribution in [0.15, 0.2) is 42.5 Å². The molecule has 2 aromatic rings. The van der Waals surface area contributed by atoms with Gasteiger partial charge in [0.1, 0.15) is 18.1 Å². The number of carbonyl (C=O) groups is 1. The number of alkyl halides is 3. The Morgan fingerprint density at radius 1 is 1.00 bits per heavy atom. The maximum Gasteiger partial charge on any atom is 0.573 e. The zero-order valence-corrected chi connectivity index (χ0v) is 14.3. The van der Waals surface area contributed by atoms with E-state index in [2.05, 4.69) is 10.1 Å². The van der Waals surface area contributed by atoms with E-state index in [9.17, 15) is 38.2 Å². The SMILES string of the molecule is C.O=C(NCCOc1cccc(OC(F)(F)F)c1)c1cc([N+](=O)[O-])cc([N+](=O)[O-])c1. The minimum Gasteiger partial charge on any atom is -0.492 e. The molecule has 10 nitrogen and oxygen atoms in total. The lowest BCUT2D eigenvalue weighted by Gasteiger charge is -2.11. The van der Waals surface area contributed by atoms with Crippen molar-refractivity contribution < 1.29 is 37.3 Å². The molecule has 0 aliphatic heterocycles. The lowest BCUT2D eigenvalue weighted by atomic mass is 10.1. The number of carbonyl (C=O) groups excluding carboxylic acids is 1. The summed E-state index contributed by atoms with van der Waals surface area (Å²) in [4.78, 5) is 32.0. The lowest BCUT2D eigenvalue weighted by molar-refractivity contribution is -0.394. The van der Waals surface area contributed by atoms with Crippen LogP contribution in [0.2, 0.25) is 0 Å². The zero-order valence-electron chi connectivity index (χ0n) is 14.3. The number of hydrogen-bond donors (Lipinski definition) is 1.